The predicted molar refractivity (Wildman–Crippen MR) is 71.1 cm³/mol. The van der Waals surface area contributed by atoms with Gasteiger partial charge in [0.1, 0.15) is 0 Å². The molecule has 3 nitrogen and oxygen atoms in total. The van der Waals surface area contributed by atoms with Crippen LogP contribution in [0.2, 0.25) is 0 Å². The molecular weight excluding hydrogens is 232 g/mol. The number of thioether (sulfide) groups is 1. The van der Waals surface area contributed by atoms with Gasteiger partial charge < -0.3 is 10.6 Å². The maximum Gasteiger partial charge on any atom is 0.237 e. The molecule has 0 bridgehead atoms. The Labute approximate surface area is 107 Å². The summed E-state index contributed by atoms with van der Waals surface area (Å²) in [6, 6.07) is 0.0974. The molecule has 0 aromatic carbocycles. The molecule has 2 N–H and O–H groups in total. The Kier molecular flexibility index (Phi) is 3.11. The molecule has 0 spiro atoms. The molecule has 1 amide bonds. The molecule has 3 fully saturated rings. The van der Waals surface area contributed by atoms with Crippen LogP contribution >= 0.6 is 11.8 Å². The fourth-order valence-electron chi connectivity index (χ4n) is 3.43. The highest BCUT2D eigenvalue weighted by molar-refractivity contribution is 8.00. The third-order valence-electron chi connectivity index (χ3n) is 4.85. The fraction of sp³-hybridized carbons (Fsp3) is 0.923. The van der Waals surface area contributed by atoms with Gasteiger partial charge in [0.25, 0.3) is 0 Å². The van der Waals surface area contributed by atoms with E-state index in [1.807, 2.05) is 11.8 Å². The van der Waals surface area contributed by atoms with Gasteiger partial charge in [-0.3, -0.25) is 4.79 Å². The van der Waals surface area contributed by atoms with Crippen LogP contribution in [0.4, 0.5) is 0 Å². The summed E-state index contributed by atoms with van der Waals surface area (Å²) in [6.07, 6.45) is 8.55. The second-order valence-corrected chi connectivity index (χ2v) is 7.12. The average molecular weight is 254 g/mol. The van der Waals surface area contributed by atoms with Crippen molar-refractivity contribution in [1.82, 2.24) is 10.6 Å². The quantitative estimate of drug-likeness (QED) is 0.796. The second kappa shape index (κ2) is 4.47. The van der Waals surface area contributed by atoms with E-state index in [2.05, 4.69) is 16.9 Å². The van der Waals surface area contributed by atoms with Crippen LogP contribution in [0.1, 0.15) is 32.1 Å². The Morgan fingerprint density at radius 3 is 3.00 bits per heavy atom. The van der Waals surface area contributed by atoms with Crippen LogP contribution < -0.4 is 10.6 Å². The average Bonchev–Trinajstić information content (AvgIpc) is 2.78. The lowest BCUT2D eigenvalue weighted by atomic mass is 9.93. The van der Waals surface area contributed by atoms with Crippen molar-refractivity contribution in [3.8, 4) is 0 Å². The molecule has 3 rings (SSSR count). The topological polar surface area (TPSA) is 41.1 Å². The summed E-state index contributed by atoms with van der Waals surface area (Å²) in [6.45, 7) is 1.92. The lowest BCUT2D eigenvalue weighted by molar-refractivity contribution is -0.123. The van der Waals surface area contributed by atoms with Gasteiger partial charge in [0.15, 0.2) is 0 Å². The smallest absolute Gasteiger partial charge is 0.237 e. The minimum Gasteiger partial charge on any atom is -0.353 e. The van der Waals surface area contributed by atoms with Crippen LogP contribution in [-0.2, 0) is 4.79 Å². The van der Waals surface area contributed by atoms with Gasteiger partial charge in [0, 0.05) is 11.3 Å². The molecule has 1 aliphatic heterocycles. The van der Waals surface area contributed by atoms with Crippen molar-refractivity contribution >= 4 is 17.7 Å². The van der Waals surface area contributed by atoms with Crippen molar-refractivity contribution in [3.05, 3.63) is 0 Å². The molecule has 2 aliphatic carbocycles. The summed E-state index contributed by atoms with van der Waals surface area (Å²) in [4.78, 5) is 12.2. The maximum absolute atomic E-state index is 12.2. The van der Waals surface area contributed by atoms with E-state index in [0.29, 0.717) is 10.7 Å². The number of nitrogens with one attached hydrogen (secondary N) is 2. The van der Waals surface area contributed by atoms with Crippen LogP contribution in [0.15, 0.2) is 0 Å². The molecule has 3 atom stereocenters. The molecule has 96 valence electrons. The molecule has 2 saturated carbocycles. The Morgan fingerprint density at radius 2 is 2.29 bits per heavy atom. The summed E-state index contributed by atoms with van der Waals surface area (Å²) in [5.74, 6) is 1.63. The lowest BCUT2D eigenvalue weighted by Crippen LogP contribution is -2.46. The fourth-order valence-corrected chi connectivity index (χ4v) is 4.15. The van der Waals surface area contributed by atoms with Crippen molar-refractivity contribution in [3.63, 3.8) is 0 Å². The zero-order valence-electron chi connectivity index (χ0n) is 10.5. The first-order chi connectivity index (χ1) is 8.24. The van der Waals surface area contributed by atoms with Crippen molar-refractivity contribution in [1.29, 1.82) is 0 Å². The second-order valence-electron chi connectivity index (χ2n) is 5.85. The van der Waals surface area contributed by atoms with Gasteiger partial charge in [-0.25, -0.2) is 0 Å². The number of amides is 1. The zero-order valence-corrected chi connectivity index (χ0v) is 11.3. The van der Waals surface area contributed by atoms with Crippen LogP contribution in [0.5, 0.6) is 0 Å². The highest BCUT2D eigenvalue weighted by atomic mass is 32.2. The molecule has 17 heavy (non-hydrogen) atoms. The van der Waals surface area contributed by atoms with Crippen LogP contribution in [0, 0.1) is 11.8 Å². The predicted octanol–water partition coefficient (Wildman–Crippen LogP) is 1.39. The van der Waals surface area contributed by atoms with Gasteiger partial charge in [0.2, 0.25) is 5.91 Å². The number of rotatable bonds is 4. The van der Waals surface area contributed by atoms with E-state index >= 15 is 0 Å². The van der Waals surface area contributed by atoms with Gasteiger partial charge >= 0.3 is 0 Å². The van der Waals surface area contributed by atoms with E-state index in [4.69, 9.17) is 0 Å². The van der Waals surface area contributed by atoms with E-state index in [1.165, 1.54) is 32.1 Å². The van der Waals surface area contributed by atoms with Crippen LogP contribution in [0.25, 0.3) is 0 Å². The molecule has 0 radical (unpaired) electrons. The SMILES string of the molecule is CSC1(CNC(=O)C2NCC3CCCC32)CC1. The van der Waals surface area contributed by atoms with Crippen molar-refractivity contribution in [2.45, 2.75) is 42.9 Å². The first-order valence-corrected chi connectivity index (χ1v) is 8.03. The summed E-state index contributed by atoms with van der Waals surface area (Å²) < 4.78 is 0.378. The molecular formula is C13H22N2OS. The van der Waals surface area contributed by atoms with Crippen LogP contribution in [0.3, 0.4) is 0 Å². The third kappa shape index (κ3) is 2.22. The largest absolute Gasteiger partial charge is 0.353 e. The van der Waals surface area contributed by atoms with E-state index in [0.717, 1.165) is 19.0 Å². The Morgan fingerprint density at radius 1 is 1.47 bits per heavy atom. The van der Waals surface area contributed by atoms with Crippen molar-refractivity contribution in [2.24, 2.45) is 11.8 Å². The summed E-state index contributed by atoms with van der Waals surface area (Å²) in [5, 5.41) is 6.58. The van der Waals surface area contributed by atoms with Crippen molar-refractivity contribution < 1.29 is 4.79 Å². The summed E-state index contributed by atoms with van der Waals surface area (Å²) in [7, 11) is 0. The first kappa shape index (κ1) is 11.8. The number of fused-ring (bicyclic) bond motifs is 1. The van der Waals surface area contributed by atoms with Gasteiger partial charge in [-0.1, -0.05) is 6.42 Å². The monoisotopic (exact) mass is 254 g/mol. The number of carbonyl (C=O) groups is 1. The third-order valence-corrected chi connectivity index (χ3v) is 6.27. The number of hydrogen-bond donors (Lipinski definition) is 2. The number of hydrogen-bond acceptors (Lipinski definition) is 3. The Bertz CT molecular complexity index is 317. The summed E-state index contributed by atoms with van der Waals surface area (Å²) >= 11 is 1.91. The van der Waals surface area contributed by atoms with E-state index in [1.54, 1.807) is 0 Å². The Hall–Kier alpha value is -0.220. The number of carbonyl (C=O) groups excluding carboxylic acids is 1. The van der Waals surface area contributed by atoms with E-state index in [9.17, 15) is 4.79 Å². The van der Waals surface area contributed by atoms with Gasteiger partial charge in [-0.05, 0) is 50.3 Å². The molecule has 3 aliphatic rings. The first-order valence-electron chi connectivity index (χ1n) is 6.80. The highest BCUT2D eigenvalue weighted by Gasteiger charge is 2.45. The standard InChI is InChI=1S/C13H22N2OS/c1-17-13(5-6-13)8-15-12(16)11-10-4-2-3-9(10)7-14-11/h9-11,14H,2-8H2,1H3,(H,15,16). The minimum atomic E-state index is 0.0974. The van der Waals surface area contributed by atoms with E-state index in [-0.39, 0.29) is 11.9 Å². The maximum atomic E-state index is 12.2. The molecule has 1 saturated heterocycles. The minimum absolute atomic E-state index is 0.0974. The molecule has 0 aromatic heterocycles. The van der Waals surface area contributed by atoms with Crippen molar-refractivity contribution in [2.75, 3.05) is 19.3 Å². The van der Waals surface area contributed by atoms with Gasteiger partial charge in [-0.15, -0.1) is 0 Å². The van der Waals surface area contributed by atoms with E-state index < -0.39 is 0 Å². The Balaban J connectivity index is 1.52. The molecule has 1 heterocycles. The normalized spacial score (nSPS) is 37.8. The molecule has 3 unspecified atom stereocenters. The molecule has 4 heteroatoms. The highest BCUT2D eigenvalue weighted by Crippen LogP contribution is 2.46. The van der Waals surface area contributed by atoms with Gasteiger partial charge in [0.05, 0.1) is 6.04 Å². The zero-order chi connectivity index (χ0) is 11.9. The van der Waals surface area contributed by atoms with Crippen LogP contribution in [-0.4, -0.2) is 36.0 Å². The lowest BCUT2D eigenvalue weighted by Gasteiger charge is -2.20. The van der Waals surface area contributed by atoms with Gasteiger partial charge in [-0.2, -0.15) is 11.8 Å². The summed E-state index contributed by atoms with van der Waals surface area (Å²) in [5.41, 5.74) is 0. The molecule has 0 aromatic rings.